The Morgan fingerprint density at radius 2 is 1.76 bits per heavy atom. The maximum absolute atomic E-state index is 13.1. The van der Waals surface area contributed by atoms with Crippen molar-refractivity contribution in [2.45, 2.75) is 26.3 Å². The summed E-state index contributed by atoms with van der Waals surface area (Å²) in [6.45, 7) is 5.32. The second-order valence-electron chi connectivity index (χ2n) is 7.42. The van der Waals surface area contributed by atoms with Gasteiger partial charge >= 0.3 is 0 Å². The summed E-state index contributed by atoms with van der Waals surface area (Å²) >= 11 is 6.36. The standard InChI is InChI=1S/C25H28ClNO6/c1-4-32-17-9-6-8-16(14-17)22-21(24(29)25(30)27(22)12-7-13-31-3)23(28)19-15-18(33-5-2)10-11-20(19)26/h6,8-11,14-15,22,28H,4-5,7,12-13H2,1-3H3/b23-21+. The number of hydrogen-bond donors (Lipinski definition) is 1. The van der Waals surface area contributed by atoms with E-state index < -0.39 is 17.7 Å². The topological polar surface area (TPSA) is 85.3 Å². The minimum atomic E-state index is -0.797. The molecule has 7 nitrogen and oxygen atoms in total. The number of halogens is 1. The van der Waals surface area contributed by atoms with Crippen LogP contribution in [0, 0.1) is 0 Å². The summed E-state index contributed by atoms with van der Waals surface area (Å²) in [7, 11) is 1.57. The normalized spacial score (nSPS) is 17.5. The number of ketones is 1. The first kappa shape index (κ1) is 24.6. The molecule has 176 valence electrons. The van der Waals surface area contributed by atoms with Crippen LogP contribution in [0.25, 0.3) is 5.76 Å². The van der Waals surface area contributed by atoms with Gasteiger partial charge in [0, 0.05) is 25.8 Å². The number of carbonyl (C=O) groups excluding carboxylic acids is 2. The Kier molecular flexibility index (Phi) is 8.36. The molecule has 1 heterocycles. The van der Waals surface area contributed by atoms with Crippen molar-refractivity contribution in [3.8, 4) is 11.5 Å². The third-order valence-electron chi connectivity index (χ3n) is 5.28. The summed E-state index contributed by atoms with van der Waals surface area (Å²) < 4.78 is 16.2. The highest BCUT2D eigenvalue weighted by atomic mass is 35.5. The fraction of sp³-hybridized carbons (Fsp3) is 0.360. The van der Waals surface area contributed by atoms with Crippen molar-refractivity contribution in [2.24, 2.45) is 0 Å². The molecule has 1 atom stereocenters. The Hall–Kier alpha value is -3.03. The number of amides is 1. The molecule has 0 aromatic heterocycles. The summed E-state index contributed by atoms with van der Waals surface area (Å²) in [4.78, 5) is 27.6. The van der Waals surface area contributed by atoms with Crippen LogP contribution in [0.1, 0.15) is 37.4 Å². The van der Waals surface area contributed by atoms with Gasteiger partial charge in [0.25, 0.3) is 11.7 Å². The van der Waals surface area contributed by atoms with Gasteiger partial charge in [0.2, 0.25) is 0 Å². The lowest BCUT2D eigenvalue weighted by Crippen LogP contribution is -2.31. The fourth-order valence-electron chi connectivity index (χ4n) is 3.86. The maximum atomic E-state index is 13.1. The van der Waals surface area contributed by atoms with E-state index in [1.54, 1.807) is 49.6 Å². The number of aliphatic hydroxyl groups excluding tert-OH is 1. The number of carbonyl (C=O) groups is 2. The van der Waals surface area contributed by atoms with Crippen LogP contribution in [0.3, 0.4) is 0 Å². The molecule has 8 heteroatoms. The van der Waals surface area contributed by atoms with Crippen molar-refractivity contribution in [2.75, 3.05) is 33.5 Å². The first-order valence-electron chi connectivity index (χ1n) is 10.9. The number of Topliss-reactive ketones (excluding diaryl/α,β-unsaturated/α-hetero) is 1. The van der Waals surface area contributed by atoms with Gasteiger partial charge in [0.1, 0.15) is 17.3 Å². The third kappa shape index (κ3) is 5.31. The van der Waals surface area contributed by atoms with Crippen LogP contribution in [0.5, 0.6) is 11.5 Å². The summed E-state index contributed by atoms with van der Waals surface area (Å²) in [5, 5.41) is 11.5. The van der Waals surface area contributed by atoms with Crippen molar-refractivity contribution in [1.29, 1.82) is 0 Å². The summed E-state index contributed by atoms with van der Waals surface area (Å²) in [6.07, 6.45) is 0.534. The average Bonchev–Trinajstić information content (AvgIpc) is 3.06. The first-order chi connectivity index (χ1) is 15.9. The molecule has 1 fully saturated rings. The van der Waals surface area contributed by atoms with Crippen LogP contribution in [0.2, 0.25) is 5.02 Å². The van der Waals surface area contributed by atoms with Crippen molar-refractivity contribution < 1.29 is 28.9 Å². The molecule has 0 aliphatic carbocycles. The Balaban J connectivity index is 2.16. The quantitative estimate of drug-likeness (QED) is 0.235. The molecule has 1 saturated heterocycles. The smallest absolute Gasteiger partial charge is 0.295 e. The molecular weight excluding hydrogens is 446 g/mol. The minimum Gasteiger partial charge on any atom is -0.507 e. The largest absolute Gasteiger partial charge is 0.507 e. The molecule has 0 spiro atoms. The minimum absolute atomic E-state index is 0.0263. The van der Waals surface area contributed by atoms with E-state index in [0.29, 0.717) is 43.3 Å². The average molecular weight is 474 g/mol. The van der Waals surface area contributed by atoms with Crippen LogP contribution in [0.15, 0.2) is 48.0 Å². The molecule has 1 N–H and O–H groups in total. The highest BCUT2D eigenvalue weighted by molar-refractivity contribution is 6.47. The number of nitrogens with zero attached hydrogens (tertiary/aromatic N) is 1. The van der Waals surface area contributed by atoms with Crippen LogP contribution in [0.4, 0.5) is 0 Å². The van der Waals surface area contributed by atoms with Gasteiger partial charge in [-0.3, -0.25) is 9.59 Å². The fourth-order valence-corrected chi connectivity index (χ4v) is 4.07. The van der Waals surface area contributed by atoms with E-state index in [1.165, 1.54) is 4.90 Å². The van der Waals surface area contributed by atoms with Gasteiger partial charge in [0.15, 0.2) is 0 Å². The predicted molar refractivity (Wildman–Crippen MR) is 126 cm³/mol. The molecule has 0 saturated carbocycles. The monoisotopic (exact) mass is 473 g/mol. The number of likely N-dealkylation sites (tertiary alicyclic amines) is 1. The van der Waals surface area contributed by atoms with E-state index in [-0.39, 0.29) is 28.5 Å². The van der Waals surface area contributed by atoms with Crippen molar-refractivity contribution in [3.63, 3.8) is 0 Å². The van der Waals surface area contributed by atoms with Crippen molar-refractivity contribution >= 4 is 29.1 Å². The van der Waals surface area contributed by atoms with E-state index in [9.17, 15) is 14.7 Å². The zero-order valence-electron chi connectivity index (χ0n) is 19.0. The number of benzene rings is 2. The Morgan fingerprint density at radius 3 is 2.42 bits per heavy atom. The van der Waals surface area contributed by atoms with Crippen LogP contribution < -0.4 is 9.47 Å². The Labute approximate surface area is 198 Å². The number of ether oxygens (including phenoxy) is 3. The number of aliphatic hydroxyl groups is 1. The van der Waals surface area contributed by atoms with E-state index in [2.05, 4.69) is 0 Å². The van der Waals surface area contributed by atoms with Crippen molar-refractivity contribution in [1.82, 2.24) is 4.90 Å². The van der Waals surface area contributed by atoms with Gasteiger partial charge in [-0.2, -0.15) is 0 Å². The summed E-state index contributed by atoms with van der Waals surface area (Å²) in [5.41, 5.74) is 0.848. The van der Waals surface area contributed by atoms with Gasteiger partial charge < -0.3 is 24.2 Å². The van der Waals surface area contributed by atoms with Crippen LogP contribution >= 0.6 is 11.6 Å². The molecule has 2 aromatic rings. The SMILES string of the molecule is CCOc1cccc(C2/C(=C(\O)c3cc(OCC)ccc3Cl)C(=O)C(=O)N2CCCOC)c1. The molecule has 33 heavy (non-hydrogen) atoms. The van der Waals surface area contributed by atoms with Gasteiger partial charge in [-0.15, -0.1) is 0 Å². The predicted octanol–water partition coefficient (Wildman–Crippen LogP) is 4.60. The number of hydrogen-bond acceptors (Lipinski definition) is 6. The Bertz CT molecular complexity index is 1050. The molecule has 1 aliphatic rings. The van der Waals surface area contributed by atoms with Crippen LogP contribution in [-0.4, -0.2) is 55.2 Å². The Morgan fingerprint density at radius 1 is 1.06 bits per heavy atom. The first-order valence-corrected chi connectivity index (χ1v) is 11.2. The van der Waals surface area contributed by atoms with Crippen LogP contribution in [-0.2, 0) is 14.3 Å². The molecule has 2 aromatic carbocycles. The highest BCUT2D eigenvalue weighted by Gasteiger charge is 2.46. The van der Waals surface area contributed by atoms with E-state index in [1.807, 2.05) is 13.8 Å². The molecule has 1 aliphatic heterocycles. The van der Waals surface area contributed by atoms with E-state index >= 15 is 0 Å². The zero-order valence-corrected chi connectivity index (χ0v) is 19.7. The third-order valence-corrected chi connectivity index (χ3v) is 5.61. The van der Waals surface area contributed by atoms with Crippen molar-refractivity contribution in [3.05, 3.63) is 64.2 Å². The van der Waals surface area contributed by atoms with Gasteiger partial charge in [-0.1, -0.05) is 23.7 Å². The van der Waals surface area contributed by atoms with Gasteiger partial charge in [-0.05, 0) is 56.2 Å². The molecule has 3 rings (SSSR count). The molecule has 0 bridgehead atoms. The molecule has 1 unspecified atom stereocenters. The second-order valence-corrected chi connectivity index (χ2v) is 7.83. The molecule has 0 radical (unpaired) electrons. The number of methoxy groups -OCH3 is 1. The van der Waals surface area contributed by atoms with E-state index in [0.717, 1.165) is 0 Å². The second kappa shape index (κ2) is 11.2. The van der Waals surface area contributed by atoms with Gasteiger partial charge in [0.05, 0.1) is 29.9 Å². The summed E-state index contributed by atoms with van der Waals surface area (Å²) in [6, 6.07) is 11.2. The zero-order chi connectivity index (χ0) is 24.0. The summed E-state index contributed by atoms with van der Waals surface area (Å²) in [5.74, 6) is -0.700. The van der Waals surface area contributed by atoms with E-state index in [4.69, 9.17) is 25.8 Å². The molecular formula is C25H28ClNO6. The number of rotatable bonds is 10. The molecule has 1 amide bonds. The highest BCUT2D eigenvalue weighted by Crippen LogP contribution is 2.41. The lowest BCUT2D eigenvalue weighted by molar-refractivity contribution is -0.140. The lowest BCUT2D eigenvalue weighted by Gasteiger charge is -2.25. The lowest BCUT2D eigenvalue weighted by atomic mass is 9.95. The maximum Gasteiger partial charge on any atom is 0.295 e. The van der Waals surface area contributed by atoms with Gasteiger partial charge in [-0.25, -0.2) is 0 Å².